The van der Waals surface area contributed by atoms with Gasteiger partial charge in [-0.3, -0.25) is 0 Å². The Balaban J connectivity index is 1.53. The molecule has 0 aliphatic carbocycles. The van der Waals surface area contributed by atoms with Gasteiger partial charge in [0.1, 0.15) is 43.1 Å². The van der Waals surface area contributed by atoms with Crippen LogP contribution in [0, 0.1) is 0 Å². The number of nitrogens with zero attached hydrogens (tertiary/aromatic N) is 2. The van der Waals surface area contributed by atoms with E-state index in [0.717, 1.165) is 51.2 Å². The van der Waals surface area contributed by atoms with Crippen LogP contribution in [0.2, 0.25) is 5.02 Å². The van der Waals surface area contributed by atoms with Gasteiger partial charge in [-0.1, -0.05) is 22.8 Å². The molecule has 3 rings (SSSR count). The van der Waals surface area contributed by atoms with Crippen molar-refractivity contribution < 1.29 is 14.1 Å². The molecule has 0 spiro atoms. The number of nitrogens with one attached hydrogen (secondary N) is 1. The third-order valence-electron chi connectivity index (χ3n) is 4.86. The predicted molar refractivity (Wildman–Crippen MR) is 101 cm³/mol. The highest BCUT2D eigenvalue weighted by Gasteiger charge is 2.33. The molecular formula is C19H27ClN3O2+. The summed E-state index contributed by atoms with van der Waals surface area (Å²) in [7, 11) is 1.63. The summed E-state index contributed by atoms with van der Waals surface area (Å²) in [5.74, 6) is 0.711. The average Bonchev–Trinajstić information content (AvgIpc) is 3.26. The Kier molecular flexibility index (Phi) is 5.99. The maximum Gasteiger partial charge on any atom is 0.148 e. The van der Waals surface area contributed by atoms with Crippen molar-refractivity contribution in [1.29, 1.82) is 0 Å². The van der Waals surface area contributed by atoms with Crippen LogP contribution in [0.4, 0.5) is 0 Å². The summed E-state index contributed by atoms with van der Waals surface area (Å²) in [5.41, 5.74) is 2.27. The summed E-state index contributed by atoms with van der Waals surface area (Å²) in [4.78, 5) is 0. The van der Waals surface area contributed by atoms with Crippen molar-refractivity contribution >= 4 is 17.8 Å². The van der Waals surface area contributed by atoms with Crippen molar-refractivity contribution in [2.75, 3.05) is 33.4 Å². The largest absolute Gasteiger partial charge is 0.495 e. The molecule has 1 aromatic carbocycles. The van der Waals surface area contributed by atoms with Crippen LogP contribution < -0.4 is 10.1 Å². The second-order valence-corrected chi connectivity index (χ2v) is 7.00. The van der Waals surface area contributed by atoms with E-state index in [1.165, 1.54) is 5.56 Å². The van der Waals surface area contributed by atoms with E-state index >= 15 is 0 Å². The van der Waals surface area contributed by atoms with E-state index in [9.17, 15) is 0 Å². The lowest BCUT2D eigenvalue weighted by Crippen LogP contribution is -2.42. The molecule has 1 saturated heterocycles. The Bertz CT molecular complexity index is 656. The number of benzene rings is 1. The third kappa shape index (κ3) is 4.54. The lowest BCUT2D eigenvalue weighted by Gasteiger charge is -2.26. The number of hydrogen-bond donors (Lipinski definition) is 1. The van der Waals surface area contributed by atoms with Crippen LogP contribution in [0.1, 0.15) is 25.3 Å². The minimum Gasteiger partial charge on any atom is -0.495 e. The molecule has 1 N–H and O–H groups in total. The van der Waals surface area contributed by atoms with Gasteiger partial charge in [-0.2, -0.15) is 4.59 Å². The van der Waals surface area contributed by atoms with Crippen LogP contribution in [0.3, 0.4) is 0 Å². The molecule has 2 heterocycles. The fraction of sp³-hybridized carbons (Fsp3) is 0.526. The fourth-order valence-electron chi connectivity index (χ4n) is 3.35. The summed E-state index contributed by atoms with van der Waals surface area (Å²) < 4.78 is 11.6. The fourth-order valence-corrected chi connectivity index (χ4v) is 3.63. The van der Waals surface area contributed by atoms with Gasteiger partial charge in [0, 0.05) is 13.2 Å². The van der Waals surface area contributed by atoms with Crippen molar-refractivity contribution in [2.45, 2.75) is 32.3 Å². The molecule has 2 aliphatic rings. The van der Waals surface area contributed by atoms with Gasteiger partial charge in [-0.15, -0.1) is 0 Å². The minimum absolute atomic E-state index is 0.328. The van der Waals surface area contributed by atoms with Crippen LogP contribution in [0.25, 0.3) is 0 Å². The first-order chi connectivity index (χ1) is 12.1. The smallest absolute Gasteiger partial charge is 0.148 e. The lowest BCUT2D eigenvalue weighted by atomic mass is 10.1. The highest BCUT2D eigenvalue weighted by Crippen LogP contribution is 2.25. The average molecular weight is 365 g/mol. The number of methoxy groups -OCH3 is 1. The summed E-state index contributed by atoms with van der Waals surface area (Å²) in [6.07, 6.45) is 7.69. The molecule has 5 nitrogen and oxygen atoms in total. The number of quaternary nitrogens is 1. The number of allylic oxidation sites excluding steroid dienone is 1. The topological polar surface area (TPSA) is 42.8 Å². The molecule has 1 fully saturated rings. The highest BCUT2D eigenvalue weighted by molar-refractivity contribution is 6.32. The molecule has 25 heavy (non-hydrogen) atoms. The first kappa shape index (κ1) is 18.2. The molecule has 0 amide bonds. The Morgan fingerprint density at radius 1 is 1.44 bits per heavy atom. The zero-order valence-electron chi connectivity index (χ0n) is 15.0. The van der Waals surface area contributed by atoms with Crippen molar-refractivity contribution in [3.8, 4) is 5.75 Å². The quantitative estimate of drug-likeness (QED) is 0.719. The molecule has 2 atom stereocenters. The van der Waals surface area contributed by atoms with Crippen molar-refractivity contribution in [3.05, 3.63) is 40.7 Å². The van der Waals surface area contributed by atoms with Crippen molar-refractivity contribution in [2.24, 2.45) is 5.10 Å². The van der Waals surface area contributed by atoms with Crippen LogP contribution >= 0.6 is 11.6 Å². The van der Waals surface area contributed by atoms with Crippen LogP contribution in [-0.4, -0.2) is 50.3 Å². The third-order valence-corrected chi connectivity index (χ3v) is 5.15. The zero-order chi connectivity index (χ0) is 17.7. The molecule has 136 valence electrons. The molecule has 0 radical (unpaired) electrons. The molecule has 0 saturated carbocycles. The van der Waals surface area contributed by atoms with Gasteiger partial charge < -0.3 is 14.8 Å². The van der Waals surface area contributed by atoms with Gasteiger partial charge in [0.15, 0.2) is 0 Å². The molecular weight excluding hydrogens is 338 g/mol. The Labute approximate surface area is 154 Å². The first-order valence-electron chi connectivity index (χ1n) is 8.97. The number of likely N-dealkylation sites (N-methyl/N-ethyl adjacent to an activating group) is 1. The van der Waals surface area contributed by atoms with E-state index in [0.29, 0.717) is 21.5 Å². The molecule has 2 aliphatic heterocycles. The van der Waals surface area contributed by atoms with Gasteiger partial charge in [0.2, 0.25) is 0 Å². The molecule has 6 heteroatoms. The van der Waals surface area contributed by atoms with Gasteiger partial charge in [0.25, 0.3) is 0 Å². The van der Waals surface area contributed by atoms with Gasteiger partial charge in [-0.25, -0.2) is 0 Å². The number of halogens is 1. The number of rotatable bonds is 8. The van der Waals surface area contributed by atoms with E-state index in [2.05, 4.69) is 18.4 Å². The van der Waals surface area contributed by atoms with Crippen molar-refractivity contribution in [3.63, 3.8) is 0 Å². The van der Waals surface area contributed by atoms with E-state index in [1.807, 2.05) is 24.4 Å². The summed E-state index contributed by atoms with van der Waals surface area (Å²) in [6.45, 7) is 5.76. The molecule has 1 unspecified atom stereocenters. The monoisotopic (exact) mass is 364 g/mol. The summed E-state index contributed by atoms with van der Waals surface area (Å²) in [5, 5.41) is 8.86. The molecule has 1 aromatic rings. The SMILES string of the molecule is CC[N@@+]1(CC2CCCO2)C=C(NCCc2ccc(OC)c(Cl)c2)C=N1. The molecule has 0 aromatic heterocycles. The van der Waals surface area contributed by atoms with Gasteiger partial charge in [0.05, 0.1) is 12.1 Å². The maximum absolute atomic E-state index is 6.18. The van der Waals surface area contributed by atoms with Crippen molar-refractivity contribution in [1.82, 2.24) is 5.32 Å². The van der Waals surface area contributed by atoms with E-state index in [1.54, 1.807) is 7.11 Å². The Hall–Kier alpha value is -1.56. The van der Waals surface area contributed by atoms with Gasteiger partial charge in [-0.05, 0) is 43.9 Å². The normalized spacial score (nSPS) is 25.2. The van der Waals surface area contributed by atoms with E-state index in [4.69, 9.17) is 26.2 Å². The highest BCUT2D eigenvalue weighted by atomic mass is 35.5. The Morgan fingerprint density at radius 3 is 3.00 bits per heavy atom. The number of hydrogen-bond acceptors (Lipinski definition) is 4. The summed E-state index contributed by atoms with van der Waals surface area (Å²) >= 11 is 6.18. The second-order valence-electron chi connectivity index (χ2n) is 6.60. The van der Waals surface area contributed by atoms with Crippen LogP contribution in [-0.2, 0) is 11.2 Å². The summed E-state index contributed by atoms with van der Waals surface area (Å²) in [6, 6.07) is 5.92. The van der Waals surface area contributed by atoms with Crippen LogP contribution in [0.5, 0.6) is 5.75 Å². The minimum atomic E-state index is 0.328. The maximum atomic E-state index is 6.18. The predicted octanol–water partition coefficient (Wildman–Crippen LogP) is 3.34. The first-order valence-corrected chi connectivity index (χ1v) is 9.35. The Morgan fingerprint density at radius 2 is 2.32 bits per heavy atom. The number of ether oxygens (including phenoxy) is 2. The zero-order valence-corrected chi connectivity index (χ0v) is 15.8. The van der Waals surface area contributed by atoms with Crippen LogP contribution in [0.15, 0.2) is 35.2 Å². The second kappa shape index (κ2) is 8.21. The standard InChI is InChI=1S/C19H27ClN3O2/c1-3-23(14-17-5-4-10-25-17)13-16(12-22-23)21-9-8-15-6-7-19(24-2)18(20)11-15/h6-7,11-13,17,21H,3-5,8-10,14H2,1-2H3/q+1/t17?,23-/m0/s1. The molecule has 0 bridgehead atoms. The lowest BCUT2D eigenvalue weighted by molar-refractivity contribution is -0.885. The van der Waals surface area contributed by atoms with E-state index < -0.39 is 0 Å². The van der Waals surface area contributed by atoms with Gasteiger partial charge >= 0.3 is 0 Å². The van der Waals surface area contributed by atoms with E-state index in [-0.39, 0.29) is 0 Å².